The van der Waals surface area contributed by atoms with Gasteiger partial charge in [-0.1, -0.05) is 47.2 Å². The van der Waals surface area contributed by atoms with Crippen LogP contribution in [0.2, 0.25) is 0 Å². The minimum atomic E-state index is -0.594. The van der Waals surface area contributed by atoms with Gasteiger partial charge in [0.25, 0.3) is 0 Å². The summed E-state index contributed by atoms with van der Waals surface area (Å²) in [6.45, 7) is 4.15. The lowest BCUT2D eigenvalue weighted by atomic mass is 9.94. The summed E-state index contributed by atoms with van der Waals surface area (Å²) in [6.07, 6.45) is 1.44. The molecule has 7 heteroatoms. The Hall–Kier alpha value is -3.19. The third-order valence-corrected chi connectivity index (χ3v) is 6.55. The summed E-state index contributed by atoms with van der Waals surface area (Å²) < 4.78 is 1.61. The maximum Gasteiger partial charge on any atom is 0.307 e. The molecular formula is C24H25N3O3S. The fourth-order valence-corrected chi connectivity index (χ4v) is 4.73. The lowest BCUT2D eigenvalue weighted by Gasteiger charge is -2.36. The van der Waals surface area contributed by atoms with Crippen LogP contribution in [0.15, 0.2) is 58.7 Å². The zero-order valence-electron chi connectivity index (χ0n) is 17.6. The molecule has 31 heavy (non-hydrogen) atoms. The smallest absolute Gasteiger partial charge is 0.307 e. The van der Waals surface area contributed by atoms with Crippen molar-refractivity contribution >= 4 is 34.5 Å². The number of benzene rings is 2. The van der Waals surface area contributed by atoms with Crippen LogP contribution in [-0.4, -0.2) is 22.4 Å². The van der Waals surface area contributed by atoms with Crippen LogP contribution in [-0.2, 0) is 22.6 Å². The Balaban J connectivity index is 1.58. The van der Waals surface area contributed by atoms with E-state index in [0.29, 0.717) is 18.7 Å². The van der Waals surface area contributed by atoms with Gasteiger partial charge in [0.1, 0.15) is 6.04 Å². The lowest BCUT2D eigenvalue weighted by molar-refractivity contribution is -0.124. The van der Waals surface area contributed by atoms with Crippen molar-refractivity contribution in [1.82, 2.24) is 4.57 Å². The molecule has 3 aromatic rings. The third kappa shape index (κ3) is 4.46. The standard InChI is InChI=1S/C24H25N3O3S/c1-16-7-10-19(11-8-16)25-23(29)21-12-9-18-5-3-4-6-20(18)27(21)22(28)13-14-26-17(2)15-31-24(26)30/h3-8,10-11,15,21H,9,12-14H2,1-2H3,(H,25,29). The average Bonchev–Trinajstić information content (AvgIpc) is 3.10. The van der Waals surface area contributed by atoms with Crippen molar-refractivity contribution in [1.29, 1.82) is 0 Å². The number of aryl methyl sites for hydroxylation is 3. The van der Waals surface area contributed by atoms with Crippen molar-refractivity contribution in [3.8, 4) is 0 Å². The topological polar surface area (TPSA) is 71.4 Å². The van der Waals surface area contributed by atoms with E-state index in [2.05, 4.69) is 5.32 Å². The summed E-state index contributed by atoms with van der Waals surface area (Å²) >= 11 is 1.13. The van der Waals surface area contributed by atoms with Crippen LogP contribution in [0.3, 0.4) is 0 Å². The van der Waals surface area contributed by atoms with Crippen molar-refractivity contribution in [2.24, 2.45) is 0 Å². The van der Waals surface area contributed by atoms with Gasteiger partial charge in [-0.3, -0.25) is 19.3 Å². The maximum absolute atomic E-state index is 13.3. The van der Waals surface area contributed by atoms with Gasteiger partial charge in [-0.05, 0) is 50.5 Å². The second kappa shape index (κ2) is 8.89. The summed E-state index contributed by atoms with van der Waals surface area (Å²) in [5.74, 6) is -0.357. The number of para-hydroxylation sites is 1. The number of carbonyl (C=O) groups is 2. The van der Waals surface area contributed by atoms with Crippen LogP contribution in [0.25, 0.3) is 0 Å². The average molecular weight is 436 g/mol. The summed E-state index contributed by atoms with van der Waals surface area (Å²) in [4.78, 5) is 40.1. The first-order chi connectivity index (χ1) is 14.9. The molecule has 0 radical (unpaired) electrons. The first-order valence-corrected chi connectivity index (χ1v) is 11.2. The zero-order chi connectivity index (χ0) is 22.0. The molecule has 0 aliphatic carbocycles. The van der Waals surface area contributed by atoms with Gasteiger partial charge in [0.05, 0.1) is 0 Å². The molecule has 1 N–H and O–H groups in total. The van der Waals surface area contributed by atoms with E-state index in [0.717, 1.165) is 40.3 Å². The predicted octanol–water partition coefficient (Wildman–Crippen LogP) is 3.90. The molecule has 0 saturated carbocycles. The quantitative estimate of drug-likeness (QED) is 0.661. The lowest BCUT2D eigenvalue weighted by Crippen LogP contribution is -2.50. The first-order valence-electron chi connectivity index (χ1n) is 10.4. The Morgan fingerprint density at radius 2 is 1.84 bits per heavy atom. The molecule has 1 aromatic heterocycles. The summed E-state index contributed by atoms with van der Waals surface area (Å²) in [5.41, 5.74) is 4.49. The van der Waals surface area contributed by atoms with Gasteiger partial charge in [-0.15, -0.1) is 0 Å². The van der Waals surface area contributed by atoms with Crippen LogP contribution in [0.1, 0.15) is 29.7 Å². The van der Waals surface area contributed by atoms with Gasteiger partial charge in [0, 0.05) is 35.4 Å². The minimum Gasteiger partial charge on any atom is -0.324 e. The van der Waals surface area contributed by atoms with E-state index in [-0.39, 0.29) is 23.1 Å². The molecule has 1 atom stereocenters. The number of carbonyl (C=O) groups excluding carboxylic acids is 2. The molecule has 2 heterocycles. The number of hydrogen-bond acceptors (Lipinski definition) is 4. The molecule has 0 bridgehead atoms. The van der Waals surface area contributed by atoms with Crippen molar-refractivity contribution in [2.45, 2.75) is 45.7 Å². The maximum atomic E-state index is 13.3. The number of aromatic nitrogens is 1. The Kier molecular flexibility index (Phi) is 6.04. The molecule has 1 aliphatic rings. The highest BCUT2D eigenvalue weighted by Crippen LogP contribution is 2.32. The Morgan fingerprint density at radius 1 is 1.10 bits per heavy atom. The van der Waals surface area contributed by atoms with Crippen LogP contribution in [0.4, 0.5) is 11.4 Å². The number of nitrogens with zero attached hydrogens (tertiary/aromatic N) is 2. The summed E-state index contributed by atoms with van der Waals surface area (Å²) in [5, 5.41) is 4.75. The fraction of sp³-hybridized carbons (Fsp3) is 0.292. The normalized spacial score (nSPS) is 15.4. The molecule has 1 aliphatic heterocycles. The molecule has 0 spiro atoms. The van der Waals surface area contributed by atoms with Gasteiger partial charge in [0.15, 0.2) is 0 Å². The van der Waals surface area contributed by atoms with Gasteiger partial charge < -0.3 is 9.88 Å². The molecule has 0 fully saturated rings. The van der Waals surface area contributed by atoms with Crippen molar-refractivity contribution in [3.05, 3.63) is 80.4 Å². The van der Waals surface area contributed by atoms with Crippen LogP contribution in [0.5, 0.6) is 0 Å². The summed E-state index contributed by atoms with van der Waals surface area (Å²) in [7, 11) is 0. The first kappa shape index (κ1) is 21.1. The second-order valence-electron chi connectivity index (χ2n) is 7.85. The largest absolute Gasteiger partial charge is 0.324 e. The van der Waals surface area contributed by atoms with Crippen LogP contribution >= 0.6 is 11.3 Å². The van der Waals surface area contributed by atoms with E-state index in [1.807, 2.05) is 62.4 Å². The number of thiazole rings is 1. The highest BCUT2D eigenvalue weighted by Gasteiger charge is 2.35. The molecule has 1 unspecified atom stereocenters. The highest BCUT2D eigenvalue weighted by molar-refractivity contribution is 7.07. The molecule has 160 valence electrons. The predicted molar refractivity (Wildman–Crippen MR) is 124 cm³/mol. The van der Waals surface area contributed by atoms with Crippen LogP contribution < -0.4 is 15.1 Å². The number of hydrogen-bond donors (Lipinski definition) is 1. The van der Waals surface area contributed by atoms with Gasteiger partial charge in [0.2, 0.25) is 11.8 Å². The van der Waals surface area contributed by atoms with E-state index in [1.165, 1.54) is 0 Å². The number of anilines is 2. The van der Waals surface area contributed by atoms with Gasteiger partial charge >= 0.3 is 4.87 Å². The van der Waals surface area contributed by atoms with E-state index in [4.69, 9.17) is 0 Å². The molecule has 6 nitrogen and oxygen atoms in total. The highest BCUT2D eigenvalue weighted by atomic mass is 32.1. The molecule has 2 aromatic carbocycles. The second-order valence-corrected chi connectivity index (χ2v) is 8.67. The molecular weight excluding hydrogens is 410 g/mol. The number of rotatable bonds is 5. The van der Waals surface area contributed by atoms with E-state index in [1.54, 1.807) is 14.8 Å². The van der Waals surface area contributed by atoms with Crippen molar-refractivity contribution in [2.75, 3.05) is 10.2 Å². The van der Waals surface area contributed by atoms with E-state index >= 15 is 0 Å². The monoisotopic (exact) mass is 435 g/mol. The zero-order valence-corrected chi connectivity index (χ0v) is 18.4. The Morgan fingerprint density at radius 3 is 2.55 bits per heavy atom. The number of nitrogens with one attached hydrogen (secondary N) is 1. The Labute approximate surface area is 185 Å². The van der Waals surface area contributed by atoms with Crippen LogP contribution in [0, 0.1) is 13.8 Å². The van der Waals surface area contributed by atoms with E-state index in [9.17, 15) is 14.4 Å². The van der Waals surface area contributed by atoms with Gasteiger partial charge in [-0.25, -0.2) is 0 Å². The van der Waals surface area contributed by atoms with E-state index < -0.39 is 6.04 Å². The van der Waals surface area contributed by atoms with Crippen molar-refractivity contribution < 1.29 is 9.59 Å². The fourth-order valence-electron chi connectivity index (χ4n) is 3.97. The molecule has 4 rings (SSSR count). The SMILES string of the molecule is Cc1ccc(NC(=O)C2CCc3ccccc3N2C(=O)CCn2c(C)csc2=O)cc1. The number of amides is 2. The molecule has 2 amide bonds. The molecule has 0 saturated heterocycles. The van der Waals surface area contributed by atoms with Crippen molar-refractivity contribution in [3.63, 3.8) is 0 Å². The summed E-state index contributed by atoms with van der Waals surface area (Å²) in [6, 6.07) is 14.7. The third-order valence-electron chi connectivity index (χ3n) is 5.67. The number of fused-ring (bicyclic) bond motifs is 1. The Bertz CT molecular complexity index is 1160. The van der Waals surface area contributed by atoms with Gasteiger partial charge in [-0.2, -0.15) is 0 Å². The minimum absolute atomic E-state index is 0.0713.